The van der Waals surface area contributed by atoms with E-state index in [1.165, 1.54) is 24.3 Å². The Balaban J connectivity index is 1.96. The van der Waals surface area contributed by atoms with Gasteiger partial charge in [-0.1, -0.05) is 42.5 Å². The fourth-order valence-electron chi connectivity index (χ4n) is 3.94. The number of hydrogen-bond acceptors (Lipinski definition) is 1. The van der Waals surface area contributed by atoms with E-state index in [-0.39, 0.29) is 11.6 Å². The first-order valence-corrected chi connectivity index (χ1v) is 8.43. The maximum absolute atomic E-state index is 14.0. The van der Waals surface area contributed by atoms with Gasteiger partial charge in [0.05, 0.1) is 0 Å². The third-order valence-corrected chi connectivity index (χ3v) is 5.09. The van der Waals surface area contributed by atoms with Crippen molar-refractivity contribution >= 4 is 10.8 Å². The van der Waals surface area contributed by atoms with Crippen molar-refractivity contribution < 1.29 is 13.9 Å². The average molecular weight is 344 g/mol. The lowest BCUT2D eigenvalue weighted by molar-refractivity contribution is 0.225. The molecule has 0 amide bonds. The first-order valence-electron chi connectivity index (χ1n) is 8.43. The summed E-state index contributed by atoms with van der Waals surface area (Å²) in [5.41, 5.74) is 5.06. The molecule has 26 heavy (non-hydrogen) atoms. The number of rotatable bonds is 1. The van der Waals surface area contributed by atoms with E-state index in [0.717, 1.165) is 44.2 Å². The van der Waals surface area contributed by atoms with Crippen LogP contribution in [0.4, 0.5) is 8.78 Å². The molecule has 0 spiro atoms. The fourth-order valence-corrected chi connectivity index (χ4v) is 3.94. The number of benzene rings is 4. The number of fused-ring (bicyclic) bond motifs is 4. The van der Waals surface area contributed by atoms with E-state index in [1.807, 2.05) is 30.3 Å². The van der Waals surface area contributed by atoms with Gasteiger partial charge in [0.15, 0.2) is 0 Å². The number of aliphatic hydroxyl groups excluding tert-OH is 1. The molecule has 5 rings (SSSR count). The van der Waals surface area contributed by atoms with E-state index >= 15 is 0 Å². The predicted octanol–water partition coefficient (Wildman–Crippen LogP) is 5.85. The third-order valence-electron chi connectivity index (χ3n) is 5.09. The first kappa shape index (κ1) is 15.2. The maximum atomic E-state index is 14.0. The Hall–Kier alpha value is -3.04. The summed E-state index contributed by atoms with van der Waals surface area (Å²) in [6.45, 7) is 0. The van der Waals surface area contributed by atoms with Crippen molar-refractivity contribution in [2.45, 2.75) is 6.10 Å². The van der Waals surface area contributed by atoms with Crippen LogP contribution in [0.25, 0.3) is 33.0 Å². The highest BCUT2D eigenvalue weighted by Crippen LogP contribution is 2.50. The zero-order chi connectivity index (χ0) is 17.8. The molecular weight excluding hydrogens is 330 g/mol. The van der Waals surface area contributed by atoms with Crippen molar-refractivity contribution in [1.29, 1.82) is 0 Å². The minimum atomic E-state index is -0.727. The normalized spacial score (nSPS) is 15.1. The van der Waals surface area contributed by atoms with E-state index in [9.17, 15) is 13.9 Å². The Morgan fingerprint density at radius 1 is 0.692 bits per heavy atom. The van der Waals surface area contributed by atoms with Crippen LogP contribution in [-0.2, 0) is 0 Å². The molecule has 0 heterocycles. The van der Waals surface area contributed by atoms with Crippen LogP contribution in [0.15, 0.2) is 72.8 Å². The minimum Gasteiger partial charge on any atom is -0.384 e. The maximum Gasteiger partial charge on any atom is 0.123 e. The van der Waals surface area contributed by atoms with Crippen LogP contribution in [-0.4, -0.2) is 5.11 Å². The van der Waals surface area contributed by atoms with Crippen LogP contribution in [0.5, 0.6) is 0 Å². The van der Waals surface area contributed by atoms with Crippen LogP contribution in [0.3, 0.4) is 0 Å². The zero-order valence-electron chi connectivity index (χ0n) is 13.7. The Morgan fingerprint density at radius 3 is 2.23 bits per heavy atom. The molecule has 0 fully saturated rings. The van der Waals surface area contributed by atoms with Gasteiger partial charge in [0.1, 0.15) is 17.7 Å². The molecule has 1 N–H and O–H groups in total. The van der Waals surface area contributed by atoms with Crippen molar-refractivity contribution in [3.63, 3.8) is 0 Å². The van der Waals surface area contributed by atoms with Gasteiger partial charge < -0.3 is 5.11 Å². The Labute approximate surface area is 149 Å². The molecule has 0 radical (unpaired) electrons. The summed E-state index contributed by atoms with van der Waals surface area (Å²) in [4.78, 5) is 0. The van der Waals surface area contributed by atoms with Crippen LogP contribution in [0, 0.1) is 11.6 Å². The highest BCUT2D eigenvalue weighted by Gasteiger charge is 2.30. The van der Waals surface area contributed by atoms with Crippen LogP contribution < -0.4 is 0 Å². The molecule has 4 aromatic rings. The van der Waals surface area contributed by atoms with E-state index < -0.39 is 6.10 Å². The van der Waals surface area contributed by atoms with Crippen molar-refractivity contribution in [3.8, 4) is 22.3 Å². The molecule has 0 saturated carbocycles. The van der Waals surface area contributed by atoms with Gasteiger partial charge in [0, 0.05) is 0 Å². The summed E-state index contributed by atoms with van der Waals surface area (Å²) < 4.78 is 27.5. The van der Waals surface area contributed by atoms with Crippen molar-refractivity contribution in [1.82, 2.24) is 0 Å². The smallest absolute Gasteiger partial charge is 0.123 e. The third kappa shape index (κ3) is 2.11. The molecule has 1 atom stereocenters. The number of aliphatic hydroxyl groups is 1. The average Bonchev–Trinajstić information content (AvgIpc) is 2.94. The highest BCUT2D eigenvalue weighted by molar-refractivity contribution is 6.07. The van der Waals surface area contributed by atoms with Gasteiger partial charge in [-0.3, -0.25) is 0 Å². The minimum absolute atomic E-state index is 0.322. The summed E-state index contributed by atoms with van der Waals surface area (Å²) in [5, 5.41) is 12.4. The van der Waals surface area contributed by atoms with E-state index in [0.29, 0.717) is 0 Å². The number of hydrogen-bond donors (Lipinski definition) is 1. The van der Waals surface area contributed by atoms with Gasteiger partial charge in [-0.2, -0.15) is 0 Å². The molecule has 1 unspecified atom stereocenters. The second kappa shape index (κ2) is 5.48. The second-order valence-corrected chi connectivity index (χ2v) is 6.58. The second-order valence-electron chi connectivity index (χ2n) is 6.58. The largest absolute Gasteiger partial charge is 0.384 e. The van der Waals surface area contributed by atoms with Gasteiger partial charge in [-0.05, 0) is 74.5 Å². The number of halogens is 2. The summed E-state index contributed by atoms with van der Waals surface area (Å²) in [6, 6.07) is 20.4. The summed E-state index contributed by atoms with van der Waals surface area (Å²) >= 11 is 0. The predicted molar refractivity (Wildman–Crippen MR) is 98.8 cm³/mol. The van der Waals surface area contributed by atoms with Gasteiger partial charge in [-0.15, -0.1) is 0 Å². The van der Waals surface area contributed by atoms with Gasteiger partial charge >= 0.3 is 0 Å². The van der Waals surface area contributed by atoms with Gasteiger partial charge in [0.25, 0.3) is 0 Å². The summed E-state index contributed by atoms with van der Waals surface area (Å²) in [5.74, 6) is -0.648. The lowest BCUT2D eigenvalue weighted by Crippen LogP contribution is -1.95. The molecule has 1 aliphatic rings. The Bertz CT molecular complexity index is 1160. The fraction of sp³-hybridized carbons (Fsp3) is 0.0435. The molecule has 1 aliphatic carbocycles. The van der Waals surface area contributed by atoms with E-state index in [2.05, 4.69) is 0 Å². The first-order chi connectivity index (χ1) is 12.6. The molecule has 0 saturated heterocycles. The van der Waals surface area contributed by atoms with E-state index in [1.54, 1.807) is 18.2 Å². The van der Waals surface area contributed by atoms with Gasteiger partial charge in [0.2, 0.25) is 0 Å². The molecule has 3 heteroatoms. The topological polar surface area (TPSA) is 20.2 Å². The molecule has 1 nitrogen and oxygen atoms in total. The van der Waals surface area contributed by atoms with Crippen molar-refractivity contribution in [3.05, 3.63) is 95.6 Å². The quantitative estimate of drug-likeness (QED) is 0.459. The molecule has 4 aromatic carbocycles. The van der Waals surface area contributed by atoms with Crippen molar-refractivity contribution in [2.24, 2.45) is 0 Å². The summed E-state index contributed by atoms with van der Waals surface area (Å²) in [6.07, 6.45) is -0.727. The monoisotopic (exact) mass is 344 g/mol. The SMILES string of the molecule is OC1c2ccccc2-c2c1cc1ccc(F)cc1c2-c1ccc(F)cc1. The Kier molecular flexibility index (Phi) is 3.21. The van der Waals surface area contributed by atoms with Crippen LogP contribution in [0.2, 0.25) is 0 Å². The molecular formula is C23H14F2O. The highest BCUT2D eigenvalue weighted by atomic mass is 19.1. The van der Waals surface area contributed by atoms with Crippen molar-refractivity contribution in [2.75, 3.05) is 0 Å². The molecule has 0 aromatic heterocycles. The molecule has 126 valence electrons. The van der Waals surface area contributed by atoms with Crippen LogP contribution in [0.1, 0.15) is 17.2 Å². The lowest BCUT2D eigenvalue weighted by Gasteiger charge is -2.15. The van der Waals surface area contributed by atoms with Gasteiger partial charge in [-0.25, -0.2) is 8.78 Å². The molecule has 0 bridgehead atoms. The van der Waals surface area contributed by atoms with Crippen LogP contribution >= 0.6 is 0 Å². The Morgan fingerprint density at radius 2 is 1.42 bits per heavy atom. The van der Waals surface area contributed by atoms with E-state index in [4.69, 9.17) is 0 Å². The standard InChI is InChI=1S/C23H14F2O/c24-15-8-5-13(6-9-15)21-19-12-16(25)10-7-14(19)11-20-22(21)17-3-1-2-4-18(17)23(20)26/h1-12,23,26H. The zero-order valence-corrected chi connectivity index (χ0v) is 13.7. The summed E-state index contributed by atoms with van der Waals surface area (Å²) in [7, 11) is 0. The lowest BCUT2D eigenvalue weighted by atomic mass is 9.89. The molecule has 0 aliphatic heterocycles.